The van der Waals surface area contributed by atoms with Crippen molar-refractivity contribution in [2.24, 2.45) is 0 Å². The number of nitrogen functional groups attached to an aromatic ring is 1. The van der Waals surface area contributed by atoms with Crippen molar-refractivity contribution in [2.45, 2.75) is 13.8 Å². The second-order valence-corrected chi connectivity index (χ2v) is 6.12. The summed E-state index contributed by atoms with van der Waals surface area (Å²) in [5.41, 5.74) is 7.07. The third-order valence-corrected chi connectivity index (χ3v) is 4.00. The Bertz CT molecular complexity index is 860. The van der Waals surface area contributed by atoms with E-state index in [0.717, 1.165) is 21.7 Å². The number of anilines is 1. The van der Waals surface area contributed by atoms with Gasteiger partial charge in [-0.15, -0.1) is 0 Å². The van der Waals surface area contributed by atoms with Crippen molar-refractivity contribution in [3.05, 3.63) is 58.6 Å². The molecule has 1 heterocycles. The average molecular weight is 417 g/mol. The molecule has 0 saturated carbocycles. The molecular weight excluding hydrogens is 396 g/mol. The Balaban J connectivity index is 0.000000189. The number of benzene rings is 2. The summed E-state index contributed by atoms with van der Waals surface area (Å²) in [6.45, 7) is 4.95. The van der Waals surface area contributed by atoms with Gasteiger partial charge in [-0.1, -0.05) is 18.2 Å². The Kier molecular flexibility index (Phi) is 7.41. The third kappa shape index (κ3) is 5.46. The highest BCUT2D eigenvalue weighted by molar-refractivity contribution is 9.10. The van der Waals surface area contributed by atoms with Crippen LogP contribution in [0, 0.1) is 0 Å². The highest BCUT2D eigenvalue weighted by atomic mass is 79.9. The number of carbonyl (C=O) groups excluding carboxylic acids is 1. The van der Waals surface area contributed by atoms with E-state index in [0.29, 0.717) is 36.1 Å². The van der Waals surface area contributed by atoms with Gasteiger partial charge in [-0.25, -0.2) is 4.98 Å². The van der Waals surface area contributed by atoms with Crippen LogP contribution in [0.25, 0.3) is 10.9 Å². The molecule has 5 nitrogen and oxygen atoms in total. The van der Waals surface area contributed by atoms with Crippen LogP contribution in [0.1, 0.15) is 24.2 Å². The summed E-state index contributed by atoms with van der Waals surface area (Å²) in [7, 11) is 0. The van der Waals surface area contributed by atoms with Gasteiger partial charge in [0, 0.05) is 21.5 Å². The van der Waals surface area contributed by atoms with E-state index in [2.05, 4.69) is 20.9 Å². The number of rotatable bonds is 5. The zero-order valence-electron chi connectivity index (χ0n) is 14.7. The number of hydrogen-bond donors (Lipinski definition) is 1. The molecule has 0 saturated heterocycles. The molecule has 0 atom stereocenters. The Morgan fingerprint density at radius 2 is 1.65 bits per heavy atom. The van der Waals surface area contributed by atoms with Crippen LogP contribution < -0.4 is 15.2 Å². The lowest BCUT2D eigenvalue weighted by atomic mass is 10.2. The van der Waals surface area contributed by atoms with Crippen LogP contribution in [-0.2, 0) is 0 Å². The Morgan fingerprint density at radius 1 is 1.04 bits per heavy atom. The van der Waals surface area contributed by atoms with Crippen LogP contribution in [0.2, 0.25) is 0 Å². The highest BCUT2D eigenvalue weighted by Gasteiger charge is 2.01. The number of nitrogens with zero attached hydrogens (tertiary/aromatic N) is 1. The number of pyridine rings is 1. The molecule has 0 bridgehead atoms. The molecule has 136 valence electrons. The van der Waals surface area contributed by atoms with Crippen LogP contribution in [0.3, 0.4) is 0 Å². The summed E-state index contributed by atoms with van der Waals surface area (Å²) in [6.07, 6.45) is 0.783. The zero-order chi connectivity index (χ0) is 18.9. The lowest BCUT2D eigenvalue weighted by Gasteiger charge is -2.07. The predicted molar refractivity (Wildman–Crippen MR) is 108 cm³/mol. The average Bonchev–Trinajstić information content (AvgIpc) is 2.62. The van der Waals surface area contributed by atoms with Crippen molar-refractivity contribution in [2.75, 3.05) is 18.9 Å². The predicted octanol–water partition coefficient (Wildman–Crippen LogP) is 4.88. The molecule has 26 heavy (non-hydrogen) atoms. The summed E-state index contributed by atoms with van der Waals surface area (Å²) in [4.78, 5) is 14.8. The van der Waals surface area contributed by atoms with Gasteiger partial charge < -0.3 is 15.2 Å². The summed E-state index contributed by atoms with van der Waals surface area (Å²) in [6, 6.07) is 14.8. The van der Waals surface area contributed by atoms with E-state index in [1.807, 2.05) is 44.2 Å². The smallest absolute Gasteiger partial charge is 0.150 e. The molecule has 3 aromatic rings. The number of nitrogens with two attached hydrogens (primary N) is 1. The topological polar surface area (TPSA) is 74.4 Å². The molecule has 0 aliphatic heterocycles. The number of hydrogen-bond acceptors (Lipinski definition) is 5. The molecule has 2 N–H and O–H groups in total. The first-order valence-electron chi connectivity index (χ1n) is 8.24. The fraction of sp³-hybridized carbons (Fsp3) is 0.200. The Morgan fingerprint density at radius 3 is 2.23 bits per heavy atom. The van der Waals surface area contributed by atoms with Gasteiger partial charge in [0.15, 0.2) is 0 Å². The van der Waals surface area contributed by atoms with Crippen molar-refractivity contribution in [1.29, 1.82) is 0 Å². The van der Waals surface area contributed by atoms with Gasteiger partial charge >= 0.3 is 0 Å². The van der Waals surface area contributed by atoms with Crippen LogP contribution >= 0.6 is 15.9 Å². The normalized spacial score (nSPS) is 9.96. The van der Waals surface area contributed by atoms with Crippen molar-refractivity contribution >= 4 is 38.9 Å². The van der Waals surface area contributed by atoms with E-state index < -0.39 is 0 Å². The summed E-state index contributed by atoms with van der Waals surface area (Å²) in [5, 5.41) is 1.09. The molecule has 1 aromatic heterocycles. The molecule has 0 spiro atoms. The lowest BCUT2D eigenvalue weighted by Crippen LogP contribution is -1.96. The highest BCUT2D eigenvalue weighted by Crippen LogP contribution is 2.24. The summed E-state index contributed by atoms with van der Waals surface area (Å²) < 4.78 is 11.6. The van der Waals surface area contributed by atoms with Crippen LogP contribution in [0.4, 0.5) is 5.82 Å². The molecule has 3 rings (SSSR count). The molecule has 0 radical (unpaired) electrons. The van der Waals surface area contributed by atoms with Gasteiger partial charge in [0.05, 0.1) is 18.7 Å². The van der Waals surface area contributed by atoms with Gasteiger partial charge in [-0.2, -0.15) is 0 Å². The van der Waals surface area contributed by atoms with Gasteiger partial charge in [-0.3, -0.25) is 4.79 Å². The number of halogens is 1. The fourth-order valence-corrected chi connectivity index (χ4v) is 2.88. The number of ether oxygens (including phenoxy) is 2. The number of aldehydes is 1. The van der Waals surface area contributed by atoms with E-state index >= 15 is 0 Å². The van der Waals surface area contributed by atoms with E-state index in [9.17, 15) is 4.79 Å². The minimum absolute atomic E-state index is 0.542. The SMILES string of the molecule is CCOc1cc(C=O)cc(OCC)c1.Nc1cc(Br)c2ccccc2n1. The molecule has 6 heteroatoms. The quantitative estimate of drug-likeness (QED) is 0.600. The van der Waals surface area contributed by atoms with Crippen molar-refractivity contribution < 1.29 is 14.3 Å². The van der Waals surface area contributed by atoms with Gasteiger partial charge in [0.2, 0.25) is 0 Å². The van der Waals surface area contributed by atoms with Crippen molar-refractivity contribution in [3.63, 3.8) is 0 Å². The Hall–Kier alpha value is -2.60. The second kappa shape index (κ2) is 9.77. The number of fused-ring (bicyclic) bond motifs is 1. The summed E-state index contributed by atoms with van der Waals surface area (Å²) >= 11 is 3.43. The maximum absolute atomic E-state index is 10.6. The van der Waals surface area contributed by atoms with Gasteiger partial charge in [-0.05, 0) is 54.0 Å². The van der Waals surface area contributed by atoms with E-state index in [1.165, 1.54) is 0 Å². The number of carbonyl (C=O) groups is 1. The molecule has 0 fully saturated rings. The molecule has 0 aliphatic carbocycles. The minimum atomic E-state index is 0.542. The van der Waals surface area contributed by atoms with Crippen molar-refractivity contribution in [1.82, 2.24) is 4.98 Å². The van der Waals surface area contributed by atoms with E-state index in [1.54, 1.807) is 18.2 Å². The fourth-order valence-electron chi connectivity index (χ4n) is 2.31. The number of aromatic nitrogens is 1. The first-order valence-corrected chi connectivity index (χ1v) is 9.03. The van der Waals surface area contributed by atoms with Crippen molar-refractivity contribution in [3.8, 4) is 11.5 Å². The summed E-state index contributed by atoms with van der Waals surface area (Å²) in [5.74, 6) is 1.88. The lowest BCUT2D eigenvalue weighted by molar-refractivity contribution is 0.112. The minimum Gasteiger partial charge on any atom is -0.494 e. The number of para-hydroxylation sites is 1. The Labute approximate surface area is 161 Å². The first kappa shape index (κ1) is 19.7. The maximum Gasteiger partial charge on any atom is 0.150 e. The third-order valence-electron chi connectivity index (χ3n) is 3.35. The largest absolute Gasteiger partial charge is 0.494 e. The molecular formula is C20H21BrN2O3. The molecule has 0 amide bonds. The van der Waals surface area contributed by atoms with Crippen LogP contribution in [-0.4, -0.2) is 24.5 Å². The van der Waals surface area contributed by atoms with Gasteiger partial charge in [0.1, 0.15) is 23.6 Å². The van der Waals surface area contributed by atoms with Crippen LogP contribution in [0.5, 0.6) is 11.5 Å². The molecule has 0 unspecified atom stereocenters. The monoisotopic (exact) mass is 416 g/mol. The zero-order valence-corrected chi connectivity index (χ0v) is 16.3. The maximum atomic E-state index is 10.6. The second-order valence-electron chi connectivity index (χ2n) is 5.27. The molecule has 2 aromatic carbocycles. The first-order chi connectivity index (χ1) is 12.6. The van der Waals surface area contributed by atoms with E-state index in [-0.39, 0.29) is 0 Å². The standard InChI is InChI=1S/C11H14O3.C9H7BrN2/c1-3-13-10-5-9(8-12)6-11(7-10)14-4-2;10-7-5-9(11)12-8-4-2-1-3-6(7)8/h5-8H,3-4H2,1-2H3;1-5H,(H2,11,12). The molecule has 0 aliphatic rings. The van der Waals surface area contributed by atoms with E-state index in [4.69, 9.17) is 15.2 Å². The van der Waals surface area contributed by atoms with Gasteiger partial charge in [0.25, 0.3) is 0 Å². The van der Waals surface area contributed by atoms with Crippen LogP contribution in [0.15, 0.2) is 53.0 Å².